The number of nitrogens with zero attached hydrogens (tertiary/aromatic N) is 1. The molecule has 1 aromatic rings. The van der Waals surface area contributed by atoms with Gasteiger partial charge in [-0.1, -0.05) is 6.07 Å². The van der Waals surface area contributed by atoms with E-state index in [1.165, 1.54) is 0 Å². The van der Waals surface area contributed by atoms with Crippen molar-refractivity contribution in [3.05, 3.63) is 28.2 Å². The molecule has 1 aliphatic rings. The lowest BCUT2D eigenvalue weighted by molar-refractivity contribution is 0.146. The van der Waals surface area contributed by atoms with E-state index in [2.05, 4.69) is 26.2 Å². The van der Waals surface area contributed by atoms with E-state index in [0.29, 0.717) is 13.2 Å². The van der Waals surface area contributed by atoms with Crippen LogP contribution in [0.25, 0.3) is 0 Å². The molecule has 1 N–H and O–H groups in total. The third-order valence-electron chi connectivity index (χ3n) is 2.43. The summed E-state index contributed by atoms with van der Waals surface area (Å²) in [6.45, 7) is 2.80. The number of halogens is 2. The number of rotatable bonds is 5. The van der Waals surface area contributed by atoms with Crippen LogP contribution in [0, 0.1) is 0 Å². The maximum atomic E-state index is 5.73. The first-order valence-electron chi connectivity index (χ1n) is 5.52. The summed E-state index contributed by atoms with van der Waals surface area (Å²) in [5, 5.41) is 3.25. The van der Waals surface area contributed by atoms with E-state index < -0.39 is 0 Å². The smallest absolute Gasteiger partial charge is 0.144 e. The molecular weight excluding hydrogens is 320 g/mol. The van der Waals surface area contributed by atoms with E-state index in [9.17, 15) is 0 Å². The fourth-order valence-corrected chi connectivity index (χ4v) is 2.13. The molecule has 1 aromatic carbocycles. The normalized spacial score (nSPS) is 13.6. The Morgan fingerprint density at radius 2 is 2.22 bits per heavy atom. The third-order valence-corrected chi connectivity index (χ3v) is 3.05. The highest BCUT2D eigenvalue weighted by Crippen LogP contribution is 2.29. The van der Waals surface area contributed by atoms with Crippen molar-refractivity contribution in [1.82, 2.24) is 5.32 Å². The number of aliphatic imine (C=N–C) groups is 1. The Morgan fingerprint density at radius 1 is 1.39 bits per heavy atom. The molecule has 1 aliphatic heterocycles. The molecule has 0 aromatic heterocycles. The van der Waals surface area contributed by atoms with Crippen molar-refractivity contribution in [2.45, 2.75) is 0 Å². The fourth-order valence-electron chi connectivity index (χ4n) is 1.65. The molecule has 0 amide bonds. The van der Waals surface area contributed by atoms with Crippen LogP contribution < -0.4 is 10.1 Å². The summed E-state index contributed by atoms with van der Waals surface area (Å²) < 4.78 is 11.6. The van der Waals surface area contributed by atoms with Gasteiger partial charge in [0.2, 0.25) is 0 Å². The van der Waals surface area contributed by atoms with Gasteiger partial charge in [-0.2, -0.15) is 0 Å². The fraction of sp³-hybridized carbons (Fsp3) is 0.417. The van der Waals surface area contributed by atoms with Crippen LogP contribution in [-0.2, 0) is 4.74 Å². The molecule has 1 heterocycles. The van der Waals surface area contributed by atoms with Crippen LogP contribution in [0.2, 0.25) is 0 Å². The number of hydrogen-bond donors (Lipinski definition) is 1. The minimum Gasteiger partial charge on any atom is -0.489 e. The molecule has 0 atom stereocenters. The van der Waals surface area contributed by atoms with Crippen molar-refractivity contribution in [3.8, 4) is 5.75 Å². The van der Waals surface area contributed by atoms with Crippen molar-refractivity contribution < 1.29 is 9.47 Å². The van der Waals surface area contributed by atoms with Crippen LogP contribution in [0.5, 0.6) is 5.75 Å². The van der Waals surface area contributed by atoms with Gasteiger partial charge in [0.05, 0.1) is 23.2 Å². The van der Waals surface area contributed by atoms with Gasteiger partial charge in [0.1, 0.15) is 18.2 Å². The van der Waals surface area contributed by atoms with Crippen LogP contribution in [0.3, 0.4) is 0 Å². The van der Waals surface area contributed by atoms with Crippen LogP contribution in [0.1, 0.15) is 5.56 Å². The standard InChI is InChI=1S/C12H15BrN2O2.ClH/c1-16-7-8-17-11-9(3-2-4-10(11)13)12-14-5-6-15-12;/h2-4H,5-8H2,1H3,(H,14,15);1H. The first-order chi connectivity index (χ1) is 8.33. The first-order valence-corrected chi connectivity index (χ1v) is 6.31. The summed E-state index contributed by atoms with van der Waals surface area (Å²) in [7, 11) is 1.66. The second kappa shape index (κ2) is 7.61. The number of nitrogens with one attached hydrogen (secondary N) is 1. The molecular formula is C12H16BrClN2O2. The summed E-state index contributed by atoms with van der Waals surface area (Å²) in [4.78, 5) is 4.41. The van der Waals surface area contributed by atoms with Crippen LogP contribution in [-0.4, -0.2) is 39.2 Å². The Labute approximate surface area is 121 Å². The second-order valence-electron chi connectivity index (χ2n) is 3.61. The van der Waals surface area contributed by atoms with Crippen molar-refractivity contribution in [2.75, 3.05) is 33.4 Å². The summed E-state index contributed by atoms with van der Waals surface area (Å²) in [5.74, 6) is 1.72. The van der Waals surface area contributed by atoms with Gasteiger partial charge >= 0.3 is 0 Å². The molecule has 0 fully saturated rings. The SMILES string of the molecule is COCCOc1c(Br)cccc1C1=NCCN1.Cl. The van der Waals surface area contributed by atoms with Gasteiger partial charge in [-0.05, 0) is 28.1 Å². The second-order valence-corrected chi connectivity index (χ2v) is 4.47. The number of methoxy groups -OCH3 is 1. The average molecular weight is 336 g/mol. The summed E-state index contributed by atoms with van der Waals surface area (Å²) in [6.07, 6.45) is 0. The Kier molecular flexibility index (Phi) is 6.46. The van der Waals surface area contributed by atoms with Crippen molar-refractivity contribution >= 4 is 34.2 Å². The molecule has 0 unspecified atom stereocenters. The Balaban J connectivity index is 0.00000162. The van der Waals surface area contributed by atoms with E-state index in [0.717, 1.165) is 34.7 Å². The molecule has 2 rings (SSSR count). The van der Waals surface area contributed by atoms with Crippen LogP contribution in [0.4, 0.5) is 0 Å². The minimum absolute atomic E-state index is 0. The predicted octanol–water partition coefficient (Wildman–Crippen LogP) is 2.25. The molecule has 0 saturated carbocycles. The molecule has 6 heteroatoms. The zero-order chi connectivity index (χ0) is 12.1. The highest BCUT2D eigenvalue weighted by atomic mass is 79.9. The highest BCUT2D eigenvalue weighted by molar-refractivity contribution is 9.10. The summed E-state index contributed by atoms with van der Waals surface area (Å²) >= 11 is 3.50. The number of amidine groups is 1. The summed E-state index contributed by atoms with van der Waals surface area (Å²) in [5.41, 5.74) is 0.993. The van der Waals surface area contributed by atoms with Gasteiger partial charge in [-0.15, -0.1) is 12.4 Å². The van der Waals surface area contributed by atoms with Crippen LogP contribution in [0.15, 0.2) is 27.7 Å². The lowest BCUT2D eigenvalue weighted by Crippen LogP contribution is -2.20. The molecule has 100 valence electrons. The zero-order valence-corrected chi connectivity index (χ0v) is 12.5. The lowest BCUT2D eigenvalue weighted by atomic mass is 10.2. The van der Waals surface area contributed by atoms with Crippen molar-refractivity contribution in [2.24, 2.45) is 4.99 Å². The quantitative estimate of drug-likeness (QED) is 0.839. The molecule has 18 heavy (non-hydrogen) atoms. The Bertz CT molecular complexity index is 427. The van der Waals surface area contributed by atoms with Gasteiger partial charge in [0.15, 0.2) is 0 Å². The monoisotopic (exact) mass is 334 g/mol. The average Bonchev–Trinajstić information content (AvgIpc) is 2.85. The Morgan fingerprint density at radius 3 is 2.89 bits per heavy atom. The predicted molar refractivity (Wildman–Crippen MR) is 78.2 cm³/mol. The minimum atomic E-state index is 0. The molecule has 0 radical (unpaired) electrons. The van der Waals surface area contributed by atoms with Crippen molar-refractivity contribution in [3.63, 3.8) is 0 Å². The maximum absolute atomic E-state index is 5.73. The number of hydrogen-bond acceptors (Lipinski definition) is 4. The number of para-hydroxylation sites is 1. The molecule has 0 spiro atoms. The van der Waals surface area contributed by atoms with E-state index in [-0.39, 0.29) is 12.4 Å². The van der Waals surface area contributed by atoms with E-state index >= 15 is 0 Å². The van der Waals surface area contributed by atoms with E-state index in [4.69, 9.17) is 9.47 Å². The maximum Gasteiger partial charge on any atom is 0.144 e. The van der Waals surface area contributed by atoms with E-state index in [1.54, 1.807) is 7.11 Å². The van der Waals surface area contributed by atoms with Gasteiger partial charge in [-0.25, -0.2) is 0 Å². The molecule has 4 nitrogen and oxygen atoms in total. The highest BCUT2D eigenvalue weighted by Gasteiger charge is 2.15. The molecule has 0 saturated heterocycles. The van der Waals surface area contributed by atoms with Crippen LogP contribution >= 0.6 is 28.3 Å². The summed E-state index contributed by atoms with van der Waals surface area (Å²) in [6, 6.07) is 5.94. The Hall–Kier alpha value is -0.780. The first kappa shape index (κ1) is 15.3. The van der Waals surface area contributed by atoms with Gasteiger partial charge < -0.3 is 14.8 Å². The van der Waals surface area contributed by atoms with Gasteiger partial charge in [0.25, 0.3) is 0 Å². The van der Waals surface area contributed by atoms with Gasteiger partial charge in [0, 0.05) is 13.7 Å². The topological polar surface area (TPSA) is 42.9 Å². The van der Waals surface area contributed by atoms with Gasteiger partial charge in [-0.3, -0.25) is 4.99 Å². The number of ether oxygens (including phenoxy) is 2. The molecule has 0 bridgehead atoms. The van der Waals surface area contributed by atoms with Crippen molar-refractivity contribution in [1.29, 1.82) is 0 Å². The third kappa shape index (κ3) is 3.60. The number of benzene rings is 1. The molecule has 0 aliphatic carbocycles. The largest absolute Gasteiger partial charge is 0.489 e. The van der Waals surface area contributed by atoms with E-state index in [1.807, 2.05) is 18.2 Å². The zero-order valence-electron chi connectivity index (χ0n) is 10.1. The lowest BCUT2D eigenvalue weighted by Gasteiger charge is -2.13.